The summed E-state index contributed by atoms with van der Waals surface area (Å²) in [5.74, 6) is -5.37. The number of nitrogens with zero attached hydrogens (tertiary/aromatic N) is 3. The smallest absolute Gasteiger partial charge is 0.329 e. The van der Waals surface area contributed by atoms with Crippen LogP contribution in [0.2, 0.25) is 0 Å². The molecule has 0 saturated carbocycles. The van der Waals surface area contributed by atoms with Crippen molar-refractivity contribution in [2.24, 2.45) is 0 Å². The van der Waals surface area contributed by atoms with Crippen molar-refractivity contribution < 1.29 is 34.9 Å². The maximum Gasteiger partial charge on any atom is 0.471 e. The number of aromatic nitrogens is 2. The SMILES string of the molecule is CCN(Cc1ccc(-c2noc(C(F)(F)F)n2)c(F)c1F)S(C)(=O)=O. The lowest BCUT2D eigenvalue weighted by Crippen LogP contribution is -2.29. The third kappa shape index (κ3) is 4.12. The Morgan fingerprint density at radius 3 is 2.32 bits per heavy atom. The summed E-state index contributed by atoms with van der Waals surface area (Å²) in [7, 11) is -3.64. The highest BCUT2D eigenvalue weighted by Crippen LogP contribution is 2.31. The summed E-state index contributed by atoms with van der Waals surface area (Å²) in [5.41, 5.74) is -0.920. The van der Waals surface area contributed by atoms with E-state index in [2.05, 4.69) is 14.7 Å². The van der Waals surface area contributed by atoms with Crippen molar-refractivity contribution in [2.75, 3.05) is 12.8 Å². The molecule has 25 heavy (non-hydrogen) atoms. The Bertz CT molecular complexity index is 880. The van der Waals surface area contributed by atoms with Crippen molar-refractivity contribution in [3.8, 4) is 11.4 Å². The largest absolute Gasteiger partial charge is 0.471 e. The first-order valence-electron chi connectivity index (χ1n) is 6.78. The van der Waals surface area contributed by atoms with E-state index in [9.17, 15) is 30.4 Å². The molecule has 0 radical (unpaired) electrons. The molecule has 138 valence electrons. The fourth-order valence-corrected chi connectivity index (χ4v) is 2.83. The maximum atomic E-state index is 14.2. The van der Waals surface area contributed by atoms with Crippen LogP contribution in [0.15, 0.2) is 16.7 Å². The number of sulfonamides is 1. The summed E-state index contributed by atoms with van der Waals surface area (Å²) in [4.78, 5) is 2.98. The maximum absolute atomic E-state index is 14.2. The highest BCUT2D eigenvalue weighted by molar-refractivity contribution is 7.88. The van der Waals surface area contributed by atoms with Crippen molar-refractivity contribution in [3.63, 3.8) is 0 Å². The number of hydrogen-bond acceptors (Lipinski definition) is 5. The molecule has 2 rings (SSSR count). The van der Waals surface area contributed by atoms with Crippen LogP contribution >= 0.6 is 0 Å². The monoisotopic (exact) mass is 385 g/mol. The Labute approximate surface area is 139 Å². The van der Waals surface area contributed by atoms with Gasteiger partial charge in [-0.15, -0.1) is 0 Å². The van der Waals surface area contributed by atoms with Gasteiger partial charge in [-0.1, -0.05) is 18.1 Å². The van der Waals surface area contributed by atoms with Gasteiger partial charge in [0.25, 0.3) is 0 Å². The Balaban J connectivity index is 2.39. The van der Waals surface area contributed by atoms with E-state index in [1.165, 1.54) is 6.92 Å². The molecule has 6 nitrogen and oxygen atoms in total. The molecule has 0 amide bonds. The average molecular weight is 385 g/mol. The third-order valence-electron chi connectivity index (χ3n) is 3.24. The number of benzene rings is 1. The first-order valence-corrected chi connectivity index (χ1v) is 8.63. The van der Waals surface area contributed by atoms with Gasteiger partial charge in [0.2, 0.25) is 15.8 Å². The first-order chi connectivity index (χ1) is 11.4. The van der Waals surface area contributed by atoms with Crippen LogP contribution in [0.1, 0.15) is 18.4 Å². The second-order valence-corrected chi connectivity index (χ2v) is 6.99. The minimum absolute atomic E-state index is 0.0292. The van der Waals surface area contributed by atoms with Crippen molar-refractivity contribution in [2.45, 2.75) is 19.6 Å². The van der Waals surface area contributed by atoms with E-state index >= 15 is 0 Å². The number of halogens is 5. The van der Waals surface area contributed by atoms with E-state index < -0.39 is 51.7 Å². The van der Waals surface area contributed by atoms with E-state index in [-0.39, 0.29) is 12.1 Å². The van der Waals surface area contributed by atoms with Gasteiger partial charge >= 0.3 is 12.1 Å². The van der Waals surface area contributed by atoms with E-state index in [0.717, 1.165) is 22.7 Å². The first kappa shape index (κ1) is 19.2. The molecule has 1 aromatic heterocycles. The van der Waals surface area contributed by atoms with Crippen LogP contribution < -0.4 is 0 Å². The van der Waals surface area contributed by atoms with Gasteiger partial charge < -0.3 is 4.52 Å². The second-order valence-electron chi connectivity index (χ2n) is 5.01. The zero-order valence-corrected chi connectivity index (χ0v) is 13.7. The van der Waals surface area contributed by atoms with Crippen LogP contribution in [0, 0.1) is 11.6 Å². The van der Waals surface area contributed by atoms with Crippen LogP contribution in [-0.4, -0.2) is 35.7 Å². The summed E-state index contributed by atoms with van der Waals surface area (Å²) >= 11 is 0. The van der Waals surface area contributed by atoms with Crippen molar-refractivity contribution in [3.05, 3.63) is 35.2 Å². The van der Waals surface area contributed by atoms with Gasteiger partial charge in [-0.3, -0.25) is 0 Å². The van der Waals surface area contributed by atoms with Gasteiger partial charge in [0, 0.05) is 18.7 Å². The lowest BCUT2D eigenvalue weighted by atomic mass is 10.1. The minimum atomic E-state index is -4.92. The minimum Gasteiger partial charge on any atom is -0.329 e. The molecular formula is C13H12F5N3O3S. The van der Waals surface area contributed by atoms with Crippen LogP contribution in [-0.2, 0) is 22.7 Å². The molecule has 2 aromatic rings. The van der Waals surface area contributed by atoms with E-state index in [1.54, 1.807) is 0 Å². The molecule has 1 heterocycles. The van der Waals surface area contributed by atoms with Gasteiger partial charge in [-0.25, -0.2) is 17.2 Å². The number of hydrogen-bond donors (Lipinski definition) is 0. The number of alkyl halides is 3. The summed E-state index contributed by atoms with van der Waals surface area (Å²) in [6.45, 7) is 1.11. The zero-order chi connectivity index (χ0) is 19.0. The fraction of sp³-hybridized carbons (Fsp3) is 0.385. The Hall–Kier alpha value is -2.08. The highest BCUT2D eigenvalue weighted by atomic mass is 32.2. The molecule has 0 unspecified atom stereocenters. The second kappa shape index (κ2) is 6.67. The normalized spacial score (nSPS) is 12.8. The summed E-state index contributed by atoms with van der Waals surface area (Å²) in [6, 6.07) is 2.00. The molecule has 0 spiro atoms. The van der Waals surface area contributed by atoms with Crippen LogP contribution in [0.4, 0.5) is 22.0 Å². The summed E-state index contributed by atoms with van der Waals surface area (Å²) < 4.78 is 93.5. The van der Waals surface area contributed by atoms with E-state index in [1.807, 2.05) is 0 Å². The van der Waals surface area contributed by atoms with Crippen molar-refractivity contribution in [1.29, 1.82) is 0 Å². The number of rotatable bonds is 5. The molecule has 0 atom stereocenters. The topological polar surface area (TPSA) is 76.3 Å². The van der Waals surface area contributed by atoms with Gasteiger partial charge in [-0.05, 0) is 6.07 Å². The Morgan fingerprint density at radius 2 is 1.84 bits per heavy atom. The molecule has 12 heteroatoms. The van der Waals surface area contributed by atoms with Crippen molar-refractivity contribution >= 4 is 10.0 Å². The van der Waals surface area contributed by atoms with Crippen molar-refractivity contribution in [1.82, 2.24) is 14.4 Å². The predicted molar refractivity (Wildman–Crippen MR) is 75.6 cm³/mol. The molecule has 1 aromatic carbocycles. The van der Waals surface area contributed by atoms with Crippen LogP contribution in [0.3, 0.4) is 0 Å². The van der Waals surface area contributed by atoms with Crippen LogP contribution in [0.5, 0.6) is 0 Å². The van der Waals surface area contributed by atoms with Gasteiger partial charge in [0.05, 0.1) is 11.8 Å². The Kier molecular flexibility index (Phi) is 5.14. The Morgan fingerprint density at radius 1 is 1.20 bits per heavy atom. The molecule has 0 fully saturated rings. The average Bonchev–Trinajstić information content (AvgIpc) is 2.97. The molecule has 0 saturated heterocycles. The highest BCUT2D eigenvalue weighted by Gasteiger charge is 2.39. The molecule has 0 aliphatic heterocycles. The van der Waals surface area contributed by atoms with Gasteiger partial charge in [0.15, 0.2) is 11.6 Å². The summed E-state index contributed by atoms with van der Waals surface area (Å²) in [6.07, 6.45) is -4.01. The predicted octanol–water partition coefficient (Wildman–Crippen LogP) is 2.82. The summed E-state index contributed by atoms with van der Waals surface area (Å²) in [5, 5.41) is 2.98. The molecule has 0 N–H and O–H groups in total. The lowest BCUT2D eigenvalue weighted by molar-refractivity contribution is -0.159. The third-order valence-corrected chi connectivity index (χ3v) is 4.57. The standard InChI is InChI=1S/C13H12F5N3O3S/c1-3-21(25(2,22)23)6-7-4-5-8(10(15)9(7)14)11-19-12(24-20-11)13(16,17)18/h4-5H,3,6H2,1-2H3. The lowest BCUT2D eigenvalue weighted by Gasteiger charge is -2.18. The van der Waals surface area contributed by atoms with Gasteiger partial charge in [-0.2, -0.15) is 22.5 Å². The molecule has 0 aliphatic carbocycles. The van der Waals surface area contributed by atoms with Gasteiger partial charge in [0.1, 0.15) is 0 Å². The fourth-order valence-electron chi connectivity index (χ4n) is 1.99. The van der Waals surface area contributed by atoms with Crippen LogP contribution in [0.25, 0.3) is 11.4 Å². The molecule has 0 bridgehead atoms. The molecule has 0 aliphatic rings. The van der Waals surface area contributed by atoms with E-state index in [4.69, 9.17) is 0 Å². The molecular weight excluding hydrogens is 373 g/mol. The zero-order valence-electron chi connectivity index (χ0n) is 12.9. The quantitative estimate of drug-likeness (QED) is 0.740. The van der Waals surface area contributed by atoms with E-state index in [0.29, 0.717) is 0 Å².